The van der Waals surface area contributed by atoms with E-state index in [0.717, 1.165) is 11.3 Å². The molecular weight excluding hydrogens is 249 g/mol. The van der Waals surface area contributed by atoms with Crippen molar-refractivity contribution in [3.63, 3.8) is 0 Å². The van der Waals surface area contributed by atoms with E-state index in [-0.39, 0.29) is 17.0 Å². The van der Waals surface area contributed by atoms with Crippen molar-refractivity contribution in [2.45, 2.75) is 6.04 Å². The summed E-state index contributed by atoms with van der Waals surface area (Å²) in [6.45, 7) is 0. The van der Waals surface area contributed by atoms with Gasteiger partial charge in [-0.3, -0.25) is 4.98 Å². The zero-order chi connectivity index (χ0) is 13.0. The van der Waals surface area contributed by atoms with Crippen LogP contribution in [0.15, 0.2) is 48.7 Å². The molecule has 0 aliphatic rings. The lowest BCUT2D eigenvalue weighted by molar-refractivity contribution is 0.625. The summed E-state index contributed by atoms with van der Waals surface area (Å²) in [5, 5.41) is 3.13. The van der Waals surface area contributed by atoms with E-state index in [1.54, 1.807) is 18.3 Å². The Morgan fingerprint density at radius 2 is 1.94 bits per heavy atom. The summed E-state index contributed by atoms with van der Waals surface area (Å²) in [5.74, 6) is -0.283. The third-order valence-corrected chi connectivity index (χ3v) is 2.59. The van der Waals surface area contributed by atoms with Crippen molar-refractivity contribution in [3.05, 3.63) is 65.7 Å². The largest absolute Gasteiger partial charge is 0.376 e. The first kappa shape index (κ1) is 12.4. The third kappa shape index (κ3) is 3.01. The number of nitrogens with one attached hydrogen (secondary N) is 1. The second kappa shape index (κ2) is 5.55. The topological polar surface area (TPSA) is 50.9 Å². The number of pyridine rings is 1. The lowest BCUT2D eigenvalue weighted by Gasteiger charge is -2.18. The molecule has 1 heterocycles. The van der Waals surface area contributed by atoms with E-state index in [2.05, 4.69) is 10.3 Å². The molecule has 0 radical (unpaired) electrons. The molecule has 0 fully saturated rings. The van der Waals surface area contributed by atoms with Gasteiger partial charge in [-0.1, -0.05) is 18.2 Å². The molecule has 1 unspecified atom stereocenters. The predicted molar refractivity (Wildman–Crippen MR) is 72.4 cm³/mol. The molecule has 0 amide bonds. The average molecular weight is 261 g/mol. The van der Waals surface area contributed by atoms with E-state index in [1.807, 2.05) is 18.2 Å². The van der Waals surface area contributed by atoms with E-state index in [0.29, 0.717) is 0 Å². The summed E-state index contributed by atoms with van der Waals surface area (Å²) < 4.78 is 12.9. The Hall–Kier alpha value is -2.01. The van der Waals surface area contributed by atoms with Gasteiger partial charge in [0, 0.05) is 6.20 Å². The number of nitrogens with zero attached hydrogens (tertiary/aromatic N) is 1. The highest BCUT2D eigenvalue weighted by molar-refractivity contribution is 7.80. The number of thiocarbonyl (C=S) groups is 1. The Balaban J connectivity index is 2.36. The summed E-state index contributed by atoms with van der Waals surface area (Å²) in [5.41, 5.74) is 7.14. The first-order chi connectivity index (χ1) is 8.66. The molecule has 1 aromatic heterocycles. The summed E-state index contributed by atoms with van der Waals surface area (Å²) in [7, 11) is 0. The van der Waals surface area contributed by atoms with Crippen LogP contribution in [0.4, 0.5) is 4.39 Å². The number of benzene rings is 1. The highest BCUT2D eigenvalue weighted by atomic mass is 32.1. The standard InChI is InChI=1S/C13H12FN3S/c14-10-6-4-9(5-7-10)12(17-13(15)18)11-3-1-2-8-16-11/h1-8,12H,(H3,15,17,18). The van der Waals surface area contributed by atoms with Crippen LogP contribution in [0, 0.1) is 5.82 Å². The summed E-state index contributed by atoms with van der Waals surface area (Å²) in [6, 6.07) is 11.4. The molecule has 5 heteroatoms. The second-order valence-electron chi connectivity index (χ2n) is 3.75. The van der Waals surface area contributed by atoms with Crippen molar-refractivity contribution in [3.8, 4) is 0 Å². The lowest BCUT2D eigenvalue weighted by Crippen LogP contribution is -2.34. The Morgan fingerprint density at radius 1 is 1.22 bits per heavy atom. The van der Waals surface area contributed by atoms with Crippen molar-refractivity contribution in [1.82, 2.24) is 10.3 Å². The van der Waals surface area contributed by atoms with Crippen LogP contribution in [0.1, 0.15) is 17.3 Å². The van der Waals surface area contributed by atoms with Crippen LogP contribution in [0.3, 0.4) is 0 Å². The van der Waals surface area contributed by atoms with Crippen LogP contribution in [-0.4, -0.2) is 10.1 Å². The molecule has 1 aromatic carbocycles. The van der Waals surface area contributed by atoms with Crippen LogP contribution in [0.2, 0.25) is 0 Å². The van der Waals surface area contributed by atoms with E-state index in [4.69, 9.17) is 18.0 Å². The number of nitrogens with two attached hydrogens (primary N) is 1. The fraction of sp³-hybridized carbons (Fsp3) is 0.0769. The van der Waals surface area contributed by atoms with Gasteiger partial charge in [-0.25, -0.2) is 4.39 Å². The van der Waals surface area contributed by atoms with Gasteiger partial charge in [-0.05, 0) is 42.0 Å². The van der Waals surface area contributed by atoms with E-state index in [1.165, 1.54) is 12.1 Å². The van der Waals surface area contributed by atoms with E-state index in [9.17, 15) is 4.39 Å². The van der Waals surface area contributed by atoms with Crippen LogP contribution in [0.5, 0.6) is 0 Å². The third-order valence-electron chi connectivity index (χ3n) is 2.47. The van der Waals surface area contributed by atoms with Gasteiger partial charge in [-0.15, -0.1) is 0 Å². The number of hydrogen-bond donors (Lipinski definition) is 2. The first-order valence-electron chi connectivity index (χ1n) is 5.39. The molecule has 92 valence electrons. The van der Waals surface area contributed by atoms with Gasteiger partial charge in [0.2, 0.25) is 0 Å². The van der Waals surface area contributed by atoms with Crippen molar-refractivity contribution in [1.29, 1.82) is 0 Å². The maximum Gasteiger partial charge on any atom is 0.164 e. The van der Waals surface area contributed by atoms with Gasteiger partial charge in [0.25, 0.3) is 0 Å². The van der Waals surface area contributed by atoms with Gasteiger partial charge in [-0.2, -0.15) is 0 Å². The van der Waals surface area contributed by atoms with Crippen LogP contribution in [0.25, 0.3) is 0 Å². The molecule has 2 aromatic rings. The van der Waals surface area contributed by atoms with E-state index < -0.39 is 0 Å². The zero-order valence-electron chi connectivity index (χ0n) is 9.51. The normalized spacial score (nSPS) is 11.8. The molecule has 18 heavy (non-hydrogen) atoms. The van der Waals surface area contributed by atoms with Crippen molar-refractivity contribution < 1.29 is 4.39 Å². The summed E-state index contributed by atoms with van der Waals surface area (Å²) >= 11 is 4.86. The maximum atomic E-state index is 12.9. The monoisotopic (exact) mass is 261 g/mol. The molecule has 0 aliphatic carbocycles. The molecule has 3 nitrogen and oxygen atoms in total. The second-order valence-corrected chi connectivity index (χ2v) is 4.19. The number of halogens is 1. The Kier molecular flexibility index (Phi) is 3.84. The predicted octanol–water partition coefficient (Wildman–Crippen LogP) is 2.14. The average Bonchev–Trinajstić information content (AvgIpc) is 2.38. The minimum Gasteiger partial charge on any atom is -0.376 e. The SMILES string of the molecule is NC(=S)NC(c1ccc(F)cc1)c1ccccn1. The molecule has 1 atom stereocenters. The molecule has 0 saturated heterocycles. The van der Waals surface area contributed by atoms with Gasteiger partial charge < -0.3 is 11.1 Å². The lowest BCUT2D eigenvalue weighted by atomic mass is 10.0. The van der Waals surface area contributed by atoms with Gasteiger partial charge in [0.1, 0.15) is 5.82 Å². The summed E-state index contributed by atoms with van der Waals surface area (Å²) in [4.78, 5) is 4.26. The van der Waals surface area contributed by atoms with Crippen molar-refractivity contribution >= 4 is 17.3 Å². The molecule has 0 saturated carbocycles. The fourth-order valence-corrected chi connectivity index (χ4v) is 1.79. The number of hydrogen-bond acceptors (Lipinski definition) is 2. The van der Waals surface area contributed by atoms with Gasteiger partial charge >= 0.3 is 0 Å². The molecule has 2 rings (SSSR count). The molecule has 0 bridgehead atoms. The minimum atomic E-state index is -0.283. The highest BCUT2D eigenvalue weighted by Gasteiger charge is 2.15. The van der Waals surface area contributed by atoms with Crippen LogP contribution >= 0.6 is 12.2 Å². The maximum absolute atomic E-state index is 12.9. The smallest absolute Gasteiger partial charge is 0.164 e. The highest BCUT2D eigenvalue weighted by Crippen LogP contribution is 2.20. The molecule has 3 N–H and O–H groups in total. The Labute approximate surface area is 110 Å². The van der Waals surface area contributed by atoms with Crippen LogP contribution in [-0.2, 0) is 0 Å². The molecule has 0 aliphatic heterocycles. The molecule has 0 spiro atoms. The number of aromatic nitrogens is 1. The summed E-state index contributed by atoms with van der Waals surface area (Å²) in [6.07, 6.45) is 1.69. The fourth-order valence-electron chi connectivity index (χ4n) is 1.67. The quantitative estimate of drug-likeness (QED) is 0.831. The minimum absolute atomic E-state index is 0.176. The Bertz CT molecular complexity index is 528. The first-order valence-corrected chi connectivity index (χ1v) is 5.80. The van der Waals surface area contributed by atoms with Crippen molar-refractivity contribution in [2.24, 2.45) is 5.73 Å². The molecular formula is C13H12FN3S. The Morgan fingerprint density at radius 3 is 2.50 bits per heavy atom. The van der Waals surface area contributed by atoms with Gasteiger partial charge in [0.15, 0.2) is 5.11 Å². The van der Waals surface area contributed by atoms with Crippen LogP contribution < -0.4 is 11.1 Å². The van der Waals surface area contributed by atoms with E-state index >= 15 is 0 Å². The van der Waals surface area contributed by atoms with Crippen molar-refractivity contribution in [2.75, 3.05) is 0 Å². The number of rotatable bonds is 3. The zero-order valence-corrected chi connectivity index (χ0v) is 10.3. The van der Waals surface area contributed by atoms with Gasteiger partial charge in [0.05, 0.1) is 11.7 Å².